The van der Waals surface area contributed by atoms with E-state index in [-0.39, 0.29) is 88.5 Å². The molecule has 15 atom stereocenters. The minimum Gasteiger partial charge on any atom is -0.493 e. The third-order valence-electron chi connectivity index (χ3n) is 16.4. The van der Waals surface area contributed by atoms with Crippen molar-refractivity contribution in [1.82, 2.24) is 14.7 Å². The number of hydrogen-bond acceptors (Lipinski definition) is 18. The van der Waals surface area contributed by atoms with E-state index in [2.05, 4.69) is 0 Å². The first kappa shape index (κ1) is 36.9. The van der Waals surface area contributed by atoms with Gasteiger partial charge in [-0.05, 0) is 143 Å². The van der Waals surface area contributed by atoms with E-state index >= 15 is 0 Å². The van der Waals surface area contributed by atoms with Crippen molar-refractivity contribution < 1.29 is 106 Å². The second-order valence-corrected chi connectivity index (χ2v) is 23.9. The Labute approximate surface area is 590 Å². The van der Waals surface area contributed by atoms with Crippen LogP contribution in [0.15, 0.2) is 36.4 Å². The summed E-state index contributed by atoms with van der Waals surface area (Å²) in [5, 5.41) is 0. The molecule has 0 aliphatic carbocycles. The van der Waals surface area contributed by atoms with Crippen LogP contribution in [0, 0.1) is 53.2 Å². The molecule has 0 aromatic heterocycles. The number of carbonyl (C=O) groups excluding carboxylic acids is 3. The molecular formula is C72H114N6O12. The van der Waals surface area contributed by atoms with Crippen LogP contribution in [0.5, 0.6) is 34.5 Å². The molecule has 0 radical (unpaired) electrons. The number of carbonyl (C=O) groups is 3. The third-order valence-corrected chi connectivity index (χ3v) is 16.4. The first-order chi connectivity index (χ1) is 56.6. The second kappa shape index (κ2) is 32.5. The Morgan fingerprint density at radius 2 is 0.944 bits per heavy atom. The summed E-state index contributed by atoms with van der Waals surface area (Å²) in [6.45, 7) is -4.03. The van der Waals surface area contributed by atoms with Crippen LogP contribution in [0.3, 0.4) is 0 Å². The Morgan fingerprint density at radius 1 is 0.544 bits per heavy atom. The molecule has 6 N–H and O–H groups in total. The zero-order valence-electron chi connectivity index (χ0n) is 89.4. The Morgan fingerprint density at radius 3 is 1.38 bits per heavy atom. The number of methoxy groups -OCH3 is 6. The van der Waals surface area contributed by atoms with Crippen molar-refractivity contribution >= 4 is 17.9 Å². The van der Waals surface area contributed by atoms with Crippen LogP contribution in [-0.4, -0.2) is 151 Å². The quantitative estimate of drug-likeness (QED) is 0.0666. The molecule has 3 fully saturated rings. The van der Waals surface area contributed by atoms with Crippen molar-refractivity contribution in [2.24, 2.45) is 70.4 Å². The zero-order chi connectivity index (χ0) is 97.4. The Balaban J connectivity index is 0.000000259. The molecule has 6 aliphatic heterocycles. The molecule has 6 heterocycles. The second-order valence-electron chi connectivity index (χ2n) is 23.9. The third kappa shape index (κ3) is 17.5. The number of piperidine rings is 3. The smallest absolute Gasteiger partial charge is 0.323 e. The lowest BCUT2D eigenvalue weighted by molar-refractivity contribution is -0.161. The van der Waals surface area contributed by atoms with Gasteiger partial charge in [0.1, 0.15) is 36.4 Å². The van der Waals surface area contributed by atoms with E-state index < -0.39 is 243 Å². The highest BCUT2D eigenvalue weighted by atomic mass is 16.6. The molecule has 504 valence electrons. The van der Waals surface area contributed by atoms with Gasteiger partial charge in [0.05, 0.1) is 56.2 Å². The van der Waals surface area contributed by atoms with Gasteiger partial charge in [-0.25, -0.2) is 0 Å². The summed E-state index contributed by atoms with van der Waals surface area (Å²) in [7, 11) is -0.799. The fourth-order valence-corrected chi connectivity index (χ4v) is 11.3. The van der Waals surface area contributed by atoms with Crippen molar-refractivity contribution in [3.63, 3.8) is 0 Å². The van der Waals surface area contributed by atoms with E-state index in [1.165, 1.54) is 44.4 Å². The number of hydrogen-bond donors (Lipinski definition) is 3. The molecule has 3 saturated heterocycles. The largest absolute Gasteiger partial charge is 0.493 e. The van der Waals surface area contributed by atoms with E-state index in [9.17, 15) is 17.1 Å². The normalized spacial score (nSPS) is 37.8. The number of ether oxygens (including phenoxy) is 9. The van der Waals surface area contributed by atoms with E-state index in [0.29, 0.717) is 5.56 Å². The van der Waals surface area contributed by atoms with Gasteiger partial charge < -0.3 is 59.8 Å². The van der Waals surface area contributed by atoms with E-state index in [1.807, 2.05) is 0 Å². The average Bonchev–Trinajstić information content (AvgIpc) is 0.704. The summed E-state index contributed by atoms with van der Waals surface area (Å²) in [5.74, 6) is -18.0. The van der Waals surface area contributed by atoms with Gasteiger partial charge in [0.15, 0.2) is 34.5 Å². The molecular weight excluding hydrogens is 1140 g/mol. The minimum atomic E-state index is -3.15. The highest BCUT2D eigenvalue weighted by Gasteiger charge is 2.45. The predicted molar refractivity (Wildman–Crippen MR) is 353 cm³/mol. The Bertz CT molecular complexity index is 4460. The van der Waals surface area contributed by atoms with E-state index in [4.69, 9.17) is 106 Å². The zero-order valence-corrected chi connectivity index (χ0v) is 53.4. The molecule has 0 bridgehead atoms. The van der Waals surface area contributed by atoms with Crippen LogP contribution in [0.25, 0.3) is 0 Å². The molecule has 3 aromatic rings. The van der Waals surface area contributed by atoms with E-state index in [0.717, 1.165) is 43.7 Å². The van der Waals surface area contributed by atoms with Crippen LogP contribution in [0.1, 0.15) is 222 Å². The summed E-state index contributed by atoms with van der Waals surface area (Å²) < 4.78 is 350. The van der Waals surface area contributed by atoms with Crippen molar-refractivity contribution in [2.75, 3.05) is 81.7 Å². The van der Waals surface area contributed by atoms with Crippen LogP contribution in [-0.2, 0) is 47.8 Å². The van der Waals surface area contributed by atoms with Gasteiger partial charge in [-0.3, -0.25) is 29.1 Å². The maximum absolute atomic E-state index is 13.1. The van der Waals surface area contributed by atoms with Gasteiger partial charge in [0, 0.05) is 130 Å². The summed E-state index contributed by atoms with van der Waals surface area (Å²) in [5.41, 5.74) is 18.1. The van der Waals surface area contributed by atoms with Crippen molar-refractivity contribution in [3.8, 4) is 34.5 Å². The molecule has 6 aliphatic rings. The summed E-state index contributed by atoms with van der Waals surface area (Å²) in [4.78, 5) is 42.7. The molecule has 3 aromatic carbocycles. The minimum absolute atomic E-state index is 0.00496. The number of aryl methyl sites for hydroxylation is 2. The predicted octanol–water partition coefficient (Wildman–Crippen LogP) is 10.7. The first-order valence-corrected chi connectivity index (χ1v) is 29.8. The first-order valence-electron chi connectivity index (χ1n) is 47.8. The van der Waals surface area contributed by atoms with Crippen LogP contribution in [0.2, 0.25) is 0 Å². The monoisotopic (exact) mass is 1290 g/mol. The number of rotatable bonds is 21. The summed E-state index contributed by atoms with van der Waals surface area (Å²) in [6.07, 6.45) is -20.9. The number of esters is 3. The molecule has 18 heteroatoms. The van der Waals surface area contributed by atoms with Crippen molar-refractivity contribution in [2.45, 2.75) is 195 Å². The molecule has 90 heavy (non-hydrogen) atoms. The standard InChI is InChI=1S/3C24H38N2O4/c3*1-14(2)9-17-13-26-8-7-16-10-21(28-5)22(29-6)11-18(16)19(26)12-20(17)30-24(27)23(25)15(3)4/h3*10-11,14-15,17,19-20,23H,7-9,12-13,25H2,1-6H3/t3*17?,19?,20?,23-/m000/s1/i1D3,5D3,9D2,10D,11D,14D,19D,20D;1D3,5D3,7D2,8D2,9D2,14D;1D3,7D2,8D2,9D2,14D/t3*14?,17?,19?,20?,23-. The highest BCUT2D eigenvalue weighted by Crippen LogP contribution is 2.48. The Hall–Kier alpha value is -5.37. The summed E-state index contributed by atoms with van der Waals surface area (Å²) in [6, 6.07) is -3.27. The van der Waals surface area contributed by atoms with Crippen LogP contribution in [0.4, 0.5) is 0 Å². The van der Waals surface area contributed by atoms with Gasteiger partial charge in [-0.1, -0.05) is 82.9 Å². The van der Waals surface area contributed by atoms with Gasteiger partial charge in [0.25, 0.3) is 0 Å². The van der Waals surface area contributed by atoms with E-state index in [1.54, 1.807) is 41.5 Å². The summed E-state index contributed by atoms with van der Waals surface area (Å²) >= 11 is 0. The van der Waals surface area contributed by atoms with Crippen LogP contribution < -0.4 is 45.6 Å². The topological polar surface area (TPSA) is 222 Å². The number of nitrogens with zero attached hydrogens (tertiary/aromatic N) is 3. The van der Waals surface area contributed by atoms with Crippen molar-refractivity contribution in [3.05, 3.63) is 69.7 Å². The SMILES string of the molecule is [2H]C([2H])([2H])C([2H])(C)C([2H])([2H])C1CN2C(CC1OC(=O)[C@@H](N)C(C)C)c1cc(OC)c(OC)cc1C([2H])([2H])C2([2H])[2H].[2H]C([2H])([2H])Oc1cc2c(cc1OC)C1CC(OC(=O)[C@@H](N)C(C)C)C(C([2H])([2H])C([2H])(C)C([2H])([2H])[2H])CN1C([2H])([2H])C2([2H])[2H].[2H]c1c2c(c([2H])c(OC)c1OC([2H])([2H])[2H])C1([2H])CC([2H])(OC(=O)[C@@H](N)C(C)C)C(C([2H])([2H])C([2H])(C)C([2H])([2H])[2H])CN1CC2. The van der Waals surface area contributed by atoms with Gasteiger partial charge in [-0.15, -0.1) is 0 Å². The fraction of sp³-hybridized carbons (Fsp3) is 0.708. The molecule has 0 saturated carbocycles. The molecule has 12 unspecified atom stereocenters. The maximum atomic E-state index is 13.1. The van der Waals surface area contributed by atoms with Gasteiger partial charge in [-0.2, -0.15) is 0 Å². The molecule has 0 amide bonds. The lowest BCUT2D eigenvalue weighted by Crippen LogP contribution is -2.51. The van der Waals surface area contributed by atoms with Crippen LogP contribution >= 0.6 is 0 Å². The van der Waals surface area contributed by atoms with Crippen molar-refractivity contribution in [1.29, 1.82) is 0 Å². The average molecular weight is 1290 g/mol. The molecule has 9 rings (SSSR count). The molecule has 0 spiro atoms. The number of fused-ring (bicyclic) bond motifs is 9. The molecule has 18 nitrogen and oxygen atoms in total. The fourth-order valence-electron chi connectivity index (χ4n) is 11.3. The number of nitrogens with two attached hydrogens (primary N) is 3. The Kier molecular flexibility index (Phi) is 13.3. The van der Waals surface area contributed by atoms with Gasteiger partial charge in [0.2, 0.25) is 0 Å². The lowest BCUT2D eigenvalue weighted by Gasteiger charge is -2.47. The lowest BCUT2D eigenvalue weighted by atomic mass is 9.79. The number of benzene rings is 3. The highest BCUT2D eigenvalue weighted by molar-refractivity contribution is 5.77. The van der Waals surface area contributed by atoms with Gasteiger partial charge >= 0.3 is 17.9 Å². The maximum Gasteiger partial charge on any atom is 0.323 e.